The molecule has 1 atom stereocenters. The maximum Gasteiger partial charge on any atom is 0.468 e. The van der Waals surface area contributed by atoms with Crippen molar-refractivity contribution in [3.63, 3.8) is 0 Å². The van der Waals surface area contributed by atoms with Gasteiger partial charge in [0.2, 0.25) is 0 Å². The van der Waals surface area contributed by atoms with Crippen LogP contribution in [0.15, 0.2) is 0 Å². The summed E-state index contributed by atoms with van der Waals surface area (Å²) in [5.41, 5.74) is 0. The molecule has 0 aliphatic heterocycles. The lowest BCUT2D eigenvalue weighted by Crippen LogP contribution is -2.08. The molecule has 0 saturated heterocycles. The average Bonchev–Trinajstić information content (AvgIpc) is 2.18. The van der Waals surface area contributed by atoms with Crippen molar-refractivity contribution in [2.24, 2.45) is 5.92 Å². The molecule has 0 spiro atoms. The SMILES string of the molecule is CCCCCC(C)C(=O)O.C[CH2][Mg][Br]. The minimum Gasteiger partial charge on any atom is -0.481 e. The van der Waals surface area contributed by atoms with E-state index in [0.29, 0.717) is 0 Å². The van der Waals surface area contributed by atoms with E-state index in [1.807, 2.05) is 0 Å². The van der Waals surface area contributed by atoms with Crippen molar-refractivity contribution in [2.45, 2.75) is 51.0 Å². The Labute approximate surface area is 103 Å². The molecule has 0 heterocycles. The first-order valence-electron chi connectivity index (χ1n) is 5.38. The summed E-state index contributed by atoms with van der Waals surface area (Å²) in [5.74, 6) is -0.831. The van der Waals surface area contributed by atoms with Crippen LogP contribution in [-0.2, 0) is 4.79 Å². The van der Waals surface area contributed by atoms with E-state index < -0.39 is 5.97 Å². The minimum absolute atomic E-state index is 0.161. The number of carbonyl (C=O) groups is 1. The molecule has 0 rings (SSSR count). The molecule has 0 aliphatic carbocycles. The number of hydrogen-bond acceptors (Lipinski definition) is 1. The van der Waals surface area contributed by atoms with E-state index in [-0.39, 0.29) is 24.1 Å². The third-order valence-electron chi connectivity index (χ3n) is 1.85. The van der Waals surface area contributed by atoms with Crippen LogP contribution in [0.1, 0.15) is 46.5 Å². The highest BCUT2D eigenvalue weighted by Gasteiger charge is 2.08. The van der Waals surface area contributed by atoms with Crippen LogP contribution < -0.4 is 0 Å². The smallest absolute Gasteiger partial charge is 0.468 e. The Morgan fingerprint density at radius 3 is 2.21 bits per heavy atom. The third-order valence-corrected chi connectivity index (χ3v) is 4.61. The number of carboxylic acid groups (broad SMARTS) is 1. The molecule has 1 unspecified atom stereocenters. The summed E-state index contributed by atoms with van der Waals surface area (Å²) in [4.78, 5) is 10.3. The molecule has 82 valence electrons. The summed E-state index contributed by atoms with van der Waals surface area (Å²) in [6, 6.07) is 0. The number of carboxylic acids is 1. The van der Waals surface area contributed by atoms with Crippen LogP contribution in [0.4, 0.5) is 0 Å². The van der Waals surface area contributed by atoms with Gasteiger partial charge in [-0.3, -0.25) is 4.79 Å². The molecule has 0 aromatic heterocycles. The molecule has 0 amide bonds. The predicted octanol–water partition coefficient (Wildman–Crippen LogP) is 3.73. The summed E-state index contributed by atoms with van der Waals surface area (Å²) in [6.07, 6.45) is 4.18. The second-order valence-electron chi connectivity index (χ2n) is 3.42. The first-order chi connectivity index (χ1) is 6.59. The molecule has 0 radical (unpaired) electrons. The molecule has 0 aliphatic rings. The van der Waals surface area contributed by atoms with Crippen molar-refractivity contribution in [3.8, 4) is 0 Å². The Morgan fingerprint density at radius 2 is 1.93 bits per heavy atom. The maximum absolute atomic E-state index is 10.3. The number of hydrogen-bond donors (Lipinski definition) is 1. The minimum atomic E-state index is -0.670. The number of halogens is 1. The zero-order valence-corrected chi connectivity index (χ0v) is 12.6. The van der Waals surface area contributed by atoms with Crippen LogP contribution in [0.25, 0.3) is 0 Å². The van der Waals surface area contributed by atoms with Crippen LogP contribution in [0.5, 0.6) is 0 Å². The monoisotopic (exact) mass is 276 g/mol. The first kappa shape index (κ1) is 17.1. The van der Waals surface area contributed by atoms with Gasteiger partial charge in [0, 0.05) is 0 Å². The van der Waals surface area contributed by atoms with E-state index in [1.54, 1.807) is 6.92 Å². The Hall–Kier alpha value is 0.716. The zero-order valence-electron chi connectivity index (χ0n) is 9.55. The van der Waals surface area contributed by atoms with E-state index in [0.717, 1.165) is 25.7 Å². The fourth-order valence-electron chi connectivity index (χ4n) is 0.824. The van der Waals surface area contributed by atoms with Gasteiger partial charge < -0.3 is 18.0 Å². The number of rotatable bonds is 6. The Kier molecular flexibility index (Phi) is 16.8. The van der Waals surface area contributed by atoms with Crippen molar-refractivity contribution in [2.75, 3.05) is 0 Å². The molecule has 1 N–H and O–H groups in total. The van der Waals surface area contributed by atoms with Crippen LogP contribution in [0.3, 0.4) is 0 Å². The quantitative estimate of drug-likeness (QED) is 0.593. The largest absolute Gasteiger partial charge is 0.481 e. The molecule has 14 heavy (non-hydrogen) atoms. The van der Waals surface area contributed by atoms with Gasteiger partial charge in [-0.15, -0.1) is 4.55 Å². The normalized spacial score (nSPS) is 10.9. The summed E-state index contributed by atoms with van der Waals surface area (Å²) >= 11 is 3.62. The molecular weight excluding hydrogens is 256 g/mol. The van der Waals surface area contributed by atoms with Crippen LogP contribution in [0.2, 0.25) is 4.55 Å². The van der Waals surface area contributed by atoms with Gasteiger partial charge in [-0.1, -0.05) is 40.0 Å². The van der Waals surface area contributed by atoms with Crippen molar-refractivity contribution < 1.29 is 9.90 Å². The molecule has 0 aromatic carbocycles. The number of aliphatic carboxylic acids is 1. The van der Waals surface area contributed by atoms with Gasteiger partial charge in [0.05, 0.1) is 5.92 Å². The summed E-state index contributed by atoms with van der Waals surface area (Å²) in [6.45, 7) is 6.07. The summed E-state index contributed by atoms with van der Waals surface area (Å²) in [7, 11) is 0. The fraction of sp³-hybridized carbons (Fsp3) is 0.900. The van der Waals surface area contributed by atoms with Gasteiger partial charge in [0.15, 0.2) is 0 Å². The number of unbranched alkanes of at least 4 members (excludes halogenated alkanes) is 2. The fourth-order valence-corrected chi connectivity index (χ4v) is 0.824. The summed E-state index contributed by atoms with van der Waals surface area (Å²) in [5, 5.41) is 8.48. The molecule has 0 saturated carbocycles. The second-order valence-corrected chi connectivity index (χ2v) is 7.18. The highest BCUT2D eigenvalue weighted by atomic mass is 79.9. The van der Waals surface area contributed by atoms with E-state index in [9.17, 15) is 4.79 Å². The van der Waals surface area contributed by atoms with Crippen molar-refractivity contribution in [3.05, 3.63) is 0 Å². The highest BCUT2D eigenvalue weighted by molar-refractivity contribution is 9.23. The van der Waals surface area contributed by atoms with E-state index in [4.69, 9.17) is 5.11 Å². The lowest BCUT2D eigenvalue weighted by Gasteiger charge is -2.03. The zero-order chi connectivity index (χ0) is 11.4. The van der Waals surface area contributed by atoms with Gasteiger partial charge in [-0.25, -0.2) is 0 Å². The van der Waals surface area contributed by atoms with Crippen molar-refractivity contribution in [1.82, 2.24) is 0 Å². The molecule has 0 bridgehead atoms. The third kappa shape index (κ3) is 15.2. The average molecular weight is 277 g/mol. The maximum atomic E-state index is 10.3. The predicted molar refractivity (Wildman–Crippen MR) is 66.1 cm³/mol. The van der Waals surface area contributed by atoms with E-state index >= 15 is 0 Å². The standard InChI is InChI=1S/C8H16O2.C2H5.BrH.Mg/c1-3-4-5-6-7(2)8(9)10;1-2;;/h7H,3-6H2,1-2H3,(H,9,10);1H2,2H3;1H;/q;;;+1/p-1. The molecule has 4 heteroatoms. The van der Waals surface area contributed by atoms with Gasteiger partial charge >= 0.3 is 24.2 Å². The Balaban J connectivity index is 0. The highest BCUT2D eigenvalue weighted by Crippen LogP contribution is 2.08. The molecule has 2 nitrogen and oxygen atoms in total. The van der Waals surface area contributed by atoms with Crippen LogP contribution >= 0.6 is 12.9 Å². The van der Waals surface area contributed by atoms with Gasteiger partial charge in [-0.05, 0) is 6.42 Å². The Morgan fingerprint density at radius 1 is 1.43 bits per heavy atom. The topological polar surface area (TPSA) is 37.3 Å². The van der Waals surface area contributed by atoms with Gasteiger partial charge in [0.1, 0.15) is 0 Å². The van der Waals surface area contributed by atoms with Crippen LogP contribution in [-0.4, -0.2) is 29.3 Å². The molecule has 0 aromatic rings. The molecule has 0 fully saturated rings. The molecular formula is C10H21BrMgO2. The van der Waals surface area contributed by atoms with Gasteiger partial charge in [-0.2, -0.15) is 0 Å². The summed E-state index contributed by atoms with van der Waals surface area (Å²) < 4.78 is 1.38. The van der Waals surface area contributed by atoms with Crippen LogP contribution in [0, 0.1) is 5.92 Å². The van der Waals surface area contributed by atoms with E-state index in [1.165, 1.54) is 4.55 Å². The second kappa shape index (κ2) is 13.7. The lowest BCUT2D eigenvalue weighted by atomic mass is 10.0. The first-order valence-corrected chi connectivity index (χ1v) is 10.3. The van der Waals surface area contributed by atoms with Crippen molar-refractivity contribution >= 4 is 37.0 Å². The lowest BCUT2D eigenvalue weighted by molar-refractivity contribution is -0.141. The van der Waals surface area contributed by atoms with Crippen molar-refractivity contribution in [1.29, 1.82) is 0 Å². The van der Waals surface area contributed by atoms with Gasteiger partial charge in [0.25, 0.3) is 0 Å². The Bertz CT molecular complexity index is 129. The van der Waals surface area contributed by atoms with E-state index in [2.05, 4.69) is 26.7 Å².